The van der Waals surface area contributed by atoms with Gasteiger partial charge in [-0.1, -0.05) is 0 Å². The van der Waals surface area contributed by atoms with Gasteiger partial charge in [0.25, 0.3) is 0 Å². The van der Waals surface area contributed by atoms with Gasteiger partial charge in [0, 0.05) is 10.4 Å². The minimum atomic E-state index is -0.440. The van der Waals surface area contributed by atoms with Gasteiger partial charge in [-0.3, -0.25) is 0 Å². The quantitative estimate of drug-likeness (QED) is 0.904. The molecule has 0 spiro atoms. The standard InChI is InChI=1S/C14H14F2N2S/c1-8-13(10-7-9(15)4-5-11(10)16)18-14(19-8)12-3-2-6-17-12/h4-5,7,12,17H,2-3,6H2,1H3. The highest BCUT2D eigenvalue weighted by Crippen LogP contribution is 2.34. The minimum absolute atomic E-state index is 0.248. The molecular weight excluding hydrogens is 266 g/mol. The zero-order valence-electron chi connectivity index (χ0n) is 10.5. The molecule has 3 rings (SSSR count). The fourth-order valence-corrected chi connectivity index (χ4v) is 3.44. The average Bonchev–Trinajstić information content (AvgIpc) is 3.01. The summed E-state index contributed by atoms with van der Waals surface area (Å²) in [5.74, 6) is -0.870. The summed E-state index contributed by atoms with van der Waals surface area (Å²) in [4.78, 5) is 5.44. The summed E-state index contributed by atoms with van der Waals surface area (Å²) in [7, 11) is 0. The van der Waals surface area contributed by atoms with E-state index in [1.54, 1.807) is 11.3 Å². The summed E-state index contributed by atoms with van der Waals surface area (Å²) in [6.45, 7) is 2.89. The molecule has 0 saturated carbocycles. The van der Waals surface area contributed by atoms with E-state index in [2.05, 4.69) is 10.3 Å². The predicted molar refractivity (Wildman–Crippen MR) is 72.2 cm³/mol. The molecule has 5 heteroatoms. The van der Waals surface area contributed by atoms with Crippen LogP contribution in [0.4, 0.5) is 8.78 Å². The third-order valence-electron chi connectivity index (χ3n) is 3.36. The number of hydrogen-bond acceptors (Lipinski definition) is 3. The number of thiazole rings is 1. The van der Waals surface area contributed by atoms with Crippen LogP contribution < -0.4 is 5.32 Å². The highest BCUT2D eigenvalue weighted by molar-refractivity contribution is 7.12. The molecule has 19 heavy (non-hydrogen) atoms. The van der Waals surface area contributed by atoms with Gasteiger partial charge >= 0.3 is 0 Å². The lowest BCUT2D eigenvalue weighted by atomic mass is 10.1. The van der Waals surface area contributed by atoms with E-state index < -0.39 is 11.6 Å². The second-order valence-electron chi connectivity index (χ2n) is 4.73. The number of halogens is 2. The molecule has 1 atom stereocenters. The highest BCUT2D eigenvalue weighted by atomic mass is 32.1. The Bertz CT molecular complexity index is 603. The van der Waals surface area contributed by atoms with Gasteiger partial charge in [-0.25, -0.2) is 13.8 Å². The summed E-state index contributed by atoms with van der Waals surface area (Å²) in [5.41, 5.74) is 0.809. The predicted octanol–water partition coefficient (Wildman–Crippen LogP) is 3.82. The van der Waals surface area contributed by atoms with E-state index in [0.717, 1.165) is 41.4 Å². The number of aromatic nitrogens is 1. The third-order valence-corrected chi connectivity index (χ3v) is 4.44. The molecule has 100 valence electrons. The number of benzene rings is 1. The van der Waals surface area contributed by atoms with Crippen LogP contribution in [0.15, 0.2) is 18.2 Å². The van der Waals surface area contributed by atoms with Crippen LogP contribution in [0.2, 0.25) is 0 Å². The van der Waals surface area contributed by atoms with Crippen molar-refractivity contribution in [3.63, 3.8) is 0 Å². The fraction of sp³-hybridized carbons (Fsp3) is 0.357. The van der Waals surface area contributed by atoms with E-state index >= 15 is 0 Å². The van der Waals surface area contributed by atoms with Gasteiger partial charge in [0.1, 0.15) is 16.6 Å². The first-order valence-corrected chi connectivity index (χ1v) is 7.13. The smallest absolute Gasteiger partial charge is 0.132 e. The summed E-state index contributed by atoms with van der Waals surface area (Å²) < 4.78 is 27.1. The summed E-state index contributed by atoms with van der Waals surface area (Å²) in [5, 5.41) is 4.34. The lowest BCUT2D eigenvalue weighted by Gasteiger charge is -2.04. The molecule has 1 fully saturated rings. The van der Waals surface area contributed by atoms with Crippen LogP contribution >= 0.6 is 11.3 Å². The Hall–Kier alpha value is -1.33. The van der Waals surface area contributed by atoms with E-state index in [-0.39, 0.29) is 11.6 Å². The van der Waals surface area contributed by atoms with Crippen LogP contribution in [0, 0.1) is 18.6 Å². The Kier molecular flexibility index (Phi) is 3.33. The lowest BCUT2D eigenvalue weighted by Crippen LogP contribution is -2.12. The Morgan fingerprint density at radius 3 is 2.95 bits per heavy atom. The molecule has 1 aliphatic heterocycles. The van der Waals surface area contributed by atoms with E-state index in [9.17, 15) is 8.78 Å². The van der Waals surface area contributed by atoms with Crippen molar-refractivity contribution in [3.8, 4) is 11.3 Å². The van der Waals surface area contributed by atoms with Crippen molar-refractivity contribution >= 4 is 11.3 Å². The summed E-state index contributed by atoms with van der Waals surface area (Å²) in [6, 6.07) is 3.74. The number of nitrogens with zero attached hydrogens (tertiary/aromatic N) is 1. The lowest BCUT2D eigenvalue weighted by molar-refractivity contribution is 0.602. The third kappa shape index (κ3) is 2.40. The minimum Gasteiger partial charge on any atom is -0.308 e. The second kappa shape index (κ2) is 4.98. The Morgan fingerprint density at radius 1 is 1.37 bits per heavy atom. The van der Waals surface area contributed by atoms with Crippen molar-refractivity contribution in [1.29, 1.82) is 0 Å². The average molecular weight is 280 g/mol. The SMILES string of the molecule is Cc1sc(C2CCCN2)nc1-c1cc(F)ccc1F. The monoisotopic (exact) mass is 280 g/mol. The molecule has 1 aliphatic rings. The van der Waals surface area contributed by atoms with Crippen LogP contribution in [0.1, 0.15) is 28.8 Å². The van der Waals surface area contributed by atoms with E-state index in [1.807, 2.05) is 6.92 Å². The molecule has 2 aromatic rings. The summed E-state index contributed by atoms with van der Waals surface area (Å²) >= 11 is 1.56. The summed E-state index contributed by atoms with van der Waals surface area (Å²) in [6.07, 6.45) is 2.19. The molecule has 1 aromatic carbocycles. The van der Waals surface area contributed by atoms with Crippen LogP contribution in [-0.2, 0) is 0 Å². The van der Waals surface area contributed by atoms with E-state index in [1.165, 1.54) is 6.07 Å². The van der Waals surface area contributed by atoms with Crippen molar-refractivity contribution in [2.75, 3.05) is 6.54 Å². The van der Waals surface area contributed by atoms with Gasteiger partial charge in [-0.2, -0.15) is 0 Å². The van der Waals surface area contributed by atoms with Gasteiger partial charge in [-0.15, -0.1) is 11.3 Å². The Balaban J connectivity index is 2.02. The normalized spacial score (nSPS) is 19.0. The number of rotatable bonds is 2. The van der Waals surface area contributed by atoms with Crippen LogP contribution in [-0.4, -0.2) is 11.5 Å². The van der Waals surface area contributed by atoms with Crippen LogP contribution in [0.5, 0.6) is 0 Å². The van der Waals surface area contributed by atoms with Gasteiger partial charge in [0.05, 0.1) is 11.7 Å². The zero-order chi connectivity index (χ0) is 13.4. The van der Waals surface area contributed by atoms with E-state index in [4.69, 9.17) is 0 Å². The molecule has 0 aliphatic carbocycles. The number of nitrogens with one attached hydrogen (secondary N) is 1. The molecule has 2 heterocycles. The molecular formula is C14H14F2N2S. The second-order valence-corrected chi connectivity index (χ2v) is 5.96. The molecule has 1 saturated heterocycles. The number of aryl methyl sites for hydroxylation is 1. The fourth-order valence-electron chi connectivity index (χ4n) is 2.39. The molecule has 1 aromatic heterocycles. The van der Waals surface area contributed by atoms with Crippen molar-refractivity contribution < 1.29 is 8.78 Å². The van der Waals surface area contributed by atoms with Gasteiger partial charge in [0.2, 0.25) is 0 Å². The molecule has 1 N–H and O–H groups in total. The Labute approximate surface area is 114 Å². The van der Waals surface area contributed by atoms with Crippen molar-refractivity contribution in [1.82, 2.24) is 10.3 Å². The first kappa shape index (κ1) is 12.7. The largest absolute Gasteiger partial charge is 0.308 e. The molecule has 0 bridgehead atoms. The molecule has 0 amide bonds. The van der Waals surface area contributed by atoms with Crippen LogP contribution in [0.3, 0.4) is 0 Å². The molecule has 1 unspecified atom stereocenters. The van der Waals surface area contributed by atoms with Gasteiger partial charge in [0.15, 0.2) is 0 Å². The first-order chi connectivity index (χ1) is 9.15. The van der Waals surface area contributed by atoms with Crippen molar-refractivity contribution in [2.24, 2.45) is 0 Å². The maximum atomic E-state index is 13.8. The van der Waals surface area contributed by atoms with E-state index in [0.29, 0.717) is 5.69 Å². The van der Waals surface area contributed by atoms with Crippen molar-refractivity contribution in [3.05, 3.63) is 39.7 Å². The Morgan fingerprint density at radius 2 is 2.21 bits per heavy atom. The van der Waals surface area contributed by atoms with Crippen molar-refractivity contribution in [2.45, 2.75) is 25.8 Å². The first-order valence-electron chi connectivity index (χ1n) is 6.31. The number of hydrogen-bond donors (Lipinski definition) is 1. The topological polar surface area (TPSA) is 24.9 Å². The maximum absolute atomic E-state index is 13.8. The van der Waals surface area contributed by atoms with Crippen LogP contribution in [0.25, 0.3) is 11.3 Å². The molecule has 2 nitrogen and oxygen atoms in total. The zero-order valence-corrected chi connectivity index (χ0v) is 11.4. The van der Waals surface area contributed by atoms with Gasteiger partial charge < -0.3 is 5.32 Å². The molecule has 0 radical (unpaired) electrons. The highest BCUT2D eigenvalue weighted by Gasteiger charge is 2.22. The maximum Gasteiger partial charge on any atom is 0.132 e. The van der Waals surface area contributed by atoms with Gasteiger partial charge in [-0.05, 0) is 44.5 Å².